The Balaban J connectivity index is 2.33. The Morgan fingerprint density at radius 3 is 2.21 bits per heavy atom. The summed E-state index contributed by atoms with van der Waals surface area (Å²) < 4.78 is 54.2. The molecule has 0 heterocycles. The molecule has 2 aromatic carbocycles. The summed E-state index contributed by atoms with van der Waals surface area (Å²) in [5.41, 5.74) is 0. The van der Waals surface area contributed by atoms with Gasteiger partial charge in [0.15, 0.2) is 11.6 Å². The van der Waals surface area contributed by atoms with Crippen molar-refractivity contribution < 1.29 is 21.4 Å². The molecule has 3 nitrogen and oxygen atoms in total. The summed E-state index contributed by atoms with van der Waals surface area (Å²) in [7, 11) is -4.19. The number of halogens is 3. The maximum atomic E-state index is 13.3. The summed E-state index contributed by atoms with van der Waals surface area (Å²) in [5, 5.41) is 0.354. The lowest BCUT2D eigenvalue weighted by molar-refractivity contribution is 0.457. The minimum absolute atomic E-state index is 0.180. The lowest BCUT2D eigenvalue weighted by Crippen LogP contribution is -2.10. The van der Waals surface area contributed by atoms with Crippen LogP contribution >= 0.6 is 11.6 Å². The highest BCUT2D eigenvalue weighted by atomic mass is 35.5. The fraction of sp³-hybridized carbons (Fsp3) is 0. The molecule has 0 aromatic heterocycles. The lowest BCUT2D eigenvalue weighted by atomic mass is 10.3. The molecule has 0 amide bonds. The van der Waals surface area contributed by atoms with E-state index in [2.05, 4.69) is 4.18 Å². The first-order chi connectivity index (χ1) is 8.88. The van der Waals surface area contributed by atoms with E-state index in [4.69, 9.17) is 11.6 Å². The Kier molecular flexibility index (Phi) is 3.73. The van der Waals surface area contributed by atoms with Crippen molar-refractivity contribution in [1.82, 2.24) is 0 Å². The average Bonchev–Trinajstić information content (AvgIpc) is 2.33. The quantitative estimate of drug-likeness (QED) is 0.816. The van der Waals surface area contributed by atoms with Crippen LogP contribution in [-0.2, 0) is 10.1 Å². The lowest BCUT2D eigenvalue weighted by Gasteiger charge is -2.07. The van der Waals surface area contributed by atoms with Gasteiger partial charge in [-0.3, -0.25) is 0 Å². The molecule has 0 aliphatic heterocycles. The van der Waals surface area contributed by atoms with Crippen molar-refractivity contribution in [2.45, 2.75) is 4.90 Å². The molecule has 0 saturated heterocycles. The van der Waals surface area contributed by atoms with Gasteiger partial charge in [0.2, 0.25) is 0 Å². The number of hydrogen-bond donors (Lipinski definition) is 0. The second-order valence-corrected chi connectivity index (χ2v) is 5.55. The number of rotatable bonds is 3. The molecule has 100 valence electrons. The SMILES string of the molecule is O=S(=O)(Oc1ccc(F)cc1F)c1ccc(Cl)cc1. The van der Waals surface area contributed by atoms with Gasteiger partial charge < -0.3 is 4.18 Å². The van der Waals surface area contributed by atoms with Crippen LogP contribution in [0.15, 0.2) is 47.4 Å². The largest absolute Gasteiger partial charge is 0.376 e. The van der Waals surface area contributed by atoms with Gasteiger partial charge in [-0.2, -0.15) is 8.42 Å². The molecule has 2 rings (SSSR count). The first-order valence-electron chi connectivity index (χ1n) is 5.03. The molecule has 0 saturated carbocycles. The molecule has 0 N–H and O–H groups in total. The first-order valence-corrected chi connectivity index (χ1v) is 6.82. The zero-order chi connectivity index (χ0) is 14.0. The van der Waals surface area contributed by atoms with Crippen molar-refractivity contribution in [3.8, 4) is 5.75 Å². The normalized spacial score (nSPS) is 11.3. The molecule has 0 atom stereocenters. The van der Waals surface area contributed by atoms with Gasteiger partial charge in [0.05, 0.1) is 0 Å². The Morgan fingerprint density at radius 2 is 1.63 bits per heavy atom. The van der Waals surface area contributed by atoms with Gasteiger partial charge >= 0.3 is 10.1 Å². The highest BCUT2D eigenvalue weighted by molar-refractivity contribution is 7.87. The fourth-order valence-corrected chi connectivity index (χ4v) is 2.37. The van der Waals surface area contributed by atoms with Crippen LogP contribution < -0.4 is 4.18 Å². The van der Waals surface area contributed by atoms with Crippen LogP contribution in [-0.4, -0.2) is 8.42 Å². The maximum absolute atomic E-state index is 13.3. The molecule has 0 bridgehead atoms. The highest BCUT2D eigenvalue weighted by Gasteiger charge is 2.18. The van der Waals surface area contributed by atoms with Gasteiger partial charge in [0.25, 0.3) is 0 Å². The monoisotopic (exact) mass is 304 g/mol. The molecule has 0 spiro atoms. The molecule has 0 unspecified atom stereocenters. The molecule has 7 heteroatoms. The standard InChI is InChI=1S/C12H7ClF2O3S/c13-8-1-4-10(5-2-8)19(16,17)18-12-6-3-9(14)7-11(12)15/h1-7H. The Bertz CT molecular complexity index is 699. The van der Waals surface area contributed by atoms with Crippen LogP contribution in [0.25, 0.3) is 0 Å². The van der Waals surface area contributed by atoms with E-state index in [0.29, 0.717) is 11.1 Å². The second-order valence-electron chi connectivity index (χ2n) is 3.57. The van der Waals surface area contributed by atoms with Crippen molar-refractivity contribution in [2.24, 2.45) is 0 Å². The summed E-state index contributed by atoms with van der Waals surface area (Å²) in [6, 6.07) is 7.50. The Labute approximate surface area is 113 Å². The molecular formula is C12H7ClF2O3S. The van der Waals surface area contributed by atoms with E-state index >= 15 is 0 Å². The summed E-state index contributed by atoms with van der Waals surface area (Å²) in [6.07, 6.45) is 0. The van der Waals surface area contributed by atoms with Gasteiger partial charge in [0, 0.05) is 11.1 Å². The van der Waals surface area contributed by atoms with Crippen LogP contribution in [0.2, 0.25) is 5.02 Å². The van der Waals surface area contributed by atoms with Gasteiger partial charge in [-0.25, -0.2) is 8.78 Å². The smallest absolute Gasteiger partial charge is 0.339 e. The zero-order valence-electron chi connectivity index (χ0n) is 9.31. The number of hydrogen-bond acceptors (Lipinski definition) is 3. The Morgan fingerprint density at radius 1 is 1.00 bits per heavy atom. The van der Waals surface area contributed by atoms with Crippen molar-refractivity contribution >= 4 is 21.7 Å². The summed E-state index contributed by atoms with van der Waals surface area (Å²) in [4.78, 5) is -0.180. The maximum Gasteiger partial charge on any atom is 0.339 e. The van der Waals surface area contributed by atoms with Crippen molar-refractivity contribution in [3.63, 3.8) is 0 Å². The van der Waals surface area contributed by atoms with Crippen molar-refractivity contribution in [3.05, 3.63) is 59.1 Å². The van der Waals surface area contributed by atoms with Crippen LogP contribution in [0.4, 0.5) is 8.78 Å². The van der Waals surface area contributed by atoms with Crippen LogP contribution in [0, 0.1) is 11.6 Å². The first kappa shape index (κ1) is 13.8. The van der Waals surface area contributed by atoms with E-state index in [0.717, 1.165) is 12.1 Å². The highest BCUT2D eigenvalue weighted by Crippen LogP contribution is 2.23. The van der Waals surface area contributed by atoms with Crippen LogP contribution in [0.3, 0.4) is 0 Å². The van der Waals surface area contributed by atoms with E-state index in [-0.39, 0.29) is 4.90 Å². The van der Waals surface area contributed by atoms with Crippen molar-refractivity contribution in [2.75, 3.05) is 0 Å². The van der Waals surface area contributed by atoms with E-state index in [1.54, 1.807) is 0 Å². The molecule has 0 aliphatic rings. The minimum atomic E-state index is -4.19. The van der Waals surface area contributed by atoms with Gasteiger partial charge in [-0.1, -0.05) is 11.6 Å². The van der Waals surface area contributed by atoms with E-state index in [1.807, 2.05) is 0 Å². The van der Waals surface area contributed by atoms with Gasteiger partial charge in [-0.15, -0.1) is 0 Å². The van der Waals surface area contributed by atoms with Crippen LogP contribution in [0.1, 0.15) is 0 Å². The second kappa shape index (κ2) is 5.14. The van der Waals surface area contributed by atoms with E-state index < -0.39 is 27.5 Å². The molecule has 0 fully saturated rings. The van der Waals surface area contributed by atoms with E-state index in [9.17, 15) is 17.2 Å². The molecule has 19 heavy (non-hydrogen) atoms. The summed E-state index contributed by atoms with van der Waals surface area (Å²) in [5.74, 6) is -2.50. The topological polar surface area (TPSA) is 43.4 Å². The average molecular weight is 305 g/mol. The molecule has 0 radical (unpaired) electrons. The summed E-state index contributed by atoms with van der Waals surface area (Å²) >= 11 is 5.63. The Hall–Kier alpha value is -1.66. The third-order valence-electron chi connectivity index (χ3n) is 2.20. The third kappa shape index (κ3) is 3.21. The molecular weight excluding hydrogens is 298 g/mol. The zero-order valence-corrected chi connectivity index (χ0v) is 10.9. The van der Waals surface area contributed by atoms with Gasteiger partial charge in [-0.05, 0) is 36.4 Å². The van der Waals surface area contributed by atoms with E-state index in [1.165, 1.54) is 24.3 Å². The predicted octanol–water partition coefficient (Wildman–Crippen LogP) is 3.39. The van der Waals surface area contributed by atoms with Crippen molar-refractivity contribution in [1.29, 1.82) is 0 Å². The number of benzene rings is 2. The molecule has 0 aliphatic carbocycles. The van der Waals surface area contributed by atoms with Gasteiger partial charge in [0.1, 0.15) is 10.7 Å². The third-order valence-corrected chi connectivity index (χ3v) is 3.70. The predicted molar refractivity (Wildman–Crippen MR) is 65.6 cm³/mol. The summed E-state index contributed by atoms with van der Waals surface area (Å²) in [6.45, 7) is 0. The minimum Gasteiger partial charge on any atom is -0.376 e. The van der Waals surface area contributed by atoms with Crippen LogP contribution in [0.5, 0.6) is 5.75 Å². The molecule has 2 aromatic rings. The fourth-order valence-electron chi connectivity index (χ4n) is 1.31.